The van der Waals surface area contributed by atoms with Crippen LogP contribution in [0.15, 0.2) is 42.5 Å². The van der Waals surface area contributed by atoms with Gasteiger partial charge < -0.3 is 21.1 Å². The Hall–Kier alpha value is -2.60. The second-order valence-electron chi connectivity index (χ2n) is 4.33. The number of methoxy groups -OCH3 is 1. The lowest BCUT2D eigenvalue weighted by Crippen LogP contribution is -2.19. The molecule has 2 rings (SSSR count). The quantitative estimate of drug-likeness (QED) is 0.810. The molecule has 2 aromatic carbocycles. The highest BCUT2D eigenvalue weighted by molar-refractivity contribution is 5.99. The molecule has 0 saturated heterocycles. The summed E-state index contributed by atoms with van der Waals surface area (Å²) in [7, 11) is 1.38. The summed E-state index contributed by atoms with van der Waals surface area (Å²) in [5.74, 6) is -0.419. The lowest BCUT2D eigenvalue weighted by molar-refractivity contribution is 0.262. The van der Waals surface area contributed by atoms with E-state index in [4.69, 9.17) is 10.5 Å². The van der Waals surface area contributed by atoms with E-state index >= 15 is 0 Å². The van der Waals surface area contributed by atoms with E-state index in [0.717, 1.165) is 5.56 Å². The molecule has 0 atom stereocenters. The van der Waals surface area contributed by atoms with Crippen LogP contribution >= 0.6 is 0 Å². The number of urea groups is 1. The van der Waals surface area contributed by atoms with Crippen LogP contribution < -0.4 is 21.1 Å². The highest BCUT2D eigenvalue weighted by Gasteiger charge is 2.07. The summed E-state index contributed by atoms with van der Waals surface area (Å²) < 4.78 is 18.3. The Morgan fingerprint density at radius 3 is 2.52 bits per heavy atom. The van der Waals surface area contributed by atoms with E-state index in [2.05, 4.69) is 10.6 Å². The fraction of sp³-hybridized carbons (Fsp3) is 0.133. The zero-order valence-corrected chi connectivity index (χ0v) is 11.5. The van der Waals surface area contributed by atoms with Crippen molar-refractivity contribution in [2.75, 3.05) is 17.7 Å². The molecule has 4 N–H and O–H groups in total. The van der Waals surface area contributed by atoms with Gasteiger partial charge in [-0.1, -0.05) is 12.1 Å². The van der Waals surface area contributed by atoms with E-state index in [-0.39, 0.29) is 5.75 Å². The van der Waals surface area contributed by atoms with Crippen LogP contribution in [-0.4, -0.2) is 13.1 Å². The van der Waals surface area contributed by atoms with Gasteiger partial charge >= 0.3 is 6.03 Å². The van der Waals surface area contributed by atoms with Crippen molar-refractivity contribution in [3.8, 4) is 5.75 Å². The molecule has 21 heavy (non-hydrogen) atoms. The zero-order valence-electron chi connectivity index (χ0n) is 11.5. The van der Waals surface area contributed by atoms with E-state index in [1.165, 1.54) is 19.2 Å². The van der Waals surface area contributed by atoms with Crippen molar-refractivity contribution in [2.45, 2.75) is 6.54 Å². The number of ether oxygens (including phenoxy) is 1. The highest BCUT2D eigenvalue weighted by Crippen LogP contribution is 2.20. The summed E-state index contributed by atoms with van der Waals surface area (Å²) in [6.07, 6.45) is 0. The van der Waals surface area contributed by atoms with Crippen LogP contribution in [0.25, 0.3) is 0 Å². The normalized spacial score (nSPS) is 10.0. The van der Waals surface area contributed by atoms with Crippen LogP contribution in [0.4, 0.5) is 20.6 Å². The Morgan fingerprint density at radius 1 is 1.19 bits per heavy atom. The lowest BCUT2D eigenvalue weighted by atomic mass is 10.2. The average molecular weight is 289 g/mol. The number of benzene rings is 2. The van der Waals surface area contributed by atoms with Gasteiger partial charge in [0.1, 0.15) is 0 Å². The van der Waals surface area contributed by atoms with E-state index < -0.39 is 11.8 Å². The van der Waals surface area contributed by atoms with Crippen LogP contribution in [0.1, 0.15) is 5.56 Å². The molecule has 0 aromatic heterocycles. The van der Waals surface area contributed by atoms with Crippen molar-refractivity contribution >= 4 is 17.4 Å². The first-order valence-electron chi connectivity index (χ1n) is 6.33. The molecular formula is C15H16FN3O2. The molecule has 0 saturated carbocycles. The van der Waals surface area contributed by atoms with Crippen molar-refractivity contribution in [3.63, 3.8) is 0 Å². The molecule has 2 aromatic rings. The predicted molar refractivity (Wildman–Crippen MR) is 79.9 cm³/mol. The summed E-state index contributed by atoms with van der Waals surface area (Å²) in [4.78, 5) is 11.8. The molecule has 0 bridgehead atoms. The number of amides is 2. The standard InChI is InChI=1S/C15H16FN3O2/c1-21-14-6-5-12(8-13(14)16)19-15(20)18-11-4-2-3-10(7-11)9-17/h2-8H,9,17H2,1H3,(H2,18,19,20). The highest BCUT2D eigenvalue weighted by atomic mass is 19.1. The summed E-state index contributed by atoms with van der Waals surface area (Å²) in [6, 6.07) is 10.9. The fourth-order valence-electron chi connectivity index (χ4n) is 1.81. The van der Waals surface area contributed by atoms with Gasteiger partial charge in [-0.15, -0.1) is 0 Å². The third-order valence-corrected chi connectivity index (χ3v) is 2.83. The number of hydrogen-bond acceptors (Lipinski definition) is 3. The van der Waals surface area contributed by atoms with E-state index in [9.17, 15) is 9.18 Å². The zero-order chi connectivity index (χ0) is 15.2. The molecule has 0 aliphatic carbocycles. The number of nitrogens with two attached hydrogens (primary N) is 1. The number of nitrogens with one attached hydrogen (secondary N) is 2. The summed E-state index contributed by atoms with van der Waals surface area (Å²) in [5, 5.41) is 5.20. The van der Waals surface area contributed by atoms with Crippen molar-refractivity contribution in [1.82, 2.24) is 0 Å². The molecule has 0 spiro atoms. The van der Waals surface area contributed by atoms with Gasteiger partial charge in [0.15, 0.2) is 11.6 Å². The van der Waals surface area contributed by atoms with Gasteiger partial charge in [0, 0.05) is 24.0 Å². The van der Waals surface area contributed by atoms with E-state index in [1.54, 1.807) is 24.3 Å². The molecule has 0 aliphatic rings. The SMILES string of the molecule is COc1ccc(NC(=O)Nc2cccc(CN)c2)cc1F. The molecule has 0 aliphatic heterocycles. The Balaban J connectivity index is 2.02. The second kappa shape index (κ2) is 6.71. The van der Waals surface area contributed by atoms with Gasteiger partial charge in [-0.3, -0.25) is 0 Å². The van der Waals surface area contributed by atoms with E-state index in [1.807, 2.05) is 6.07 Å². The van der Waals surface area contributed by atoms with Gasteiger partial charge in [0.2, 0.25) is 0 Å². The van der Waals surface area contributed by atoms with Crippen molar-refractivity contribution < 1.29 is 13.9 Å². The Morgan fingerprint density at radius 2 is 1.90 bits per heavy atom. The van der Waals surface area contributed by atoms with Crippen molar-refractivity contribution in [1.29, 1.82) is 0 Å². The fourth-order valence-corrected chi connectivity index (χ4v) is 1.81. The maximum atomic E-state index is 13.5. The molecule has 0 fully saturated rings. The number of hydrogen-bond donors (Lipinski definition) is 3. The van der Waals surface area contributed by atoms with Crippen LogP contribution in [0, 0.1) is 5.82 Å². The van der Waals surface area contributed by atoms with Crippen LogP contribution in [0.2, 0.25) is 0 Å². The number of halogens is 1. The maximum absolute atomic E-state index is 13.5. The first-order valence-corrected chi connectivity index (χ1v) is 6.33. The molecule has 0 unspecified atom stereocenters. The predicted octanol–water partition coefficient (Wildman–Crippen LogP) is 2.94. The molecule has 110 valence electrons. The first kappa shape index (κ1) is 14.8. The Bertz CT molecular complexity index is 647. The first-order chi connectivity index (χ1) is 10.1. The van der Waals surface area contributed by atoms with Gasteiger partial charge in [-0.2, -0.15) is 0 Å². The summed E-state index contributed by atoms with van der Waals surface area (Å²) >= 11 is 0. The number of rotatable bonds is 4. The van der Waals surface area contributed by atoms with Gasteiger partial charge in [0.25, 0.3) is 0 Å². The third kappa shape index (κ3) is 3.93. The molecule has 2 amide bonds. The molecular weight excluding hydrogens is 273 g/mol. The van der Waals surface area contributed by atoms with Gasteiger partial charge in [0.05, 0.1) is 7.11 Å². The Labute approximate surface area is 121 Å². The lowest BCUT2D eigenvalue weighted by Gasteiger charge is -2.09. The largest absolute Gasteiger partial charge is 0.494 e. The summed E-state index contributed by atoms with van der Waals surface area (Å²) in [5.41, 5.74) is 7.39. The molecule has 5 nitrogen and oxygen atoms in total. The molecule has 6 heteroatoms. The number of anilines is 2. The average Bonchev–Trinajstić information content (AvgIpc) is 2.47. The monoisotopic (exact) mass is 289 g/mol. The van der Waals surface area contributed by atoms with Gasteiger partial charge in [-0.05, 0) is 29.8 Å². The van der Waals surface area contributed by atoms with Crippen LogP contribution in [0.5, 0.6) is 5.75 Å². The minimum absolute atomic E-state index is 0.122. The summed E-state index contributed by atoms with van der Waals surface area (Å²) in [6.45, 7) is 0.390. The molecule has 0 heterocycles. The van der Waals surface area contributed by atoms with Crippen molar-refractivity contribution in [3.05, 3.63) is 53.8 Å². The van der Waals surface area contributed by atoms with E-state index in [0.29, 0.717) is 17.9 Å². The van der Waals surface area contributed by atoms with Crippen molar-refractivity contribution in [2.24, 2.45) is 5.73 Å². The second-order valence-corrected chi connectivity index (χ2v) is 4.33. The number of carbonyl (C=O) groups excluding carboxylic acids is 1. The van der Waals surface area contributed by atoms with Crippen LogP contribution in [0.3, 0.4) is 0 Å². The number of carbonyl (C=O) groups is 1. The smallest absolute Gasteiger partial charge is 0.323 e. The van der Waals surface area contributed by atoms with Crippen LogP contribution in [-0.2, 0) is 6.54 Å². The Kier molecular flexibility index (Phi) is 4.73. The topological polar surface area (TPSA) is 76.4 Å². The van der Waals surface area contributed by atoms with Gasteiger partial charge in [-0.25, -0.2) is 9.18 Å². The third-order valence-electron chi connectivity index (χ3n) is 2.83. The molecule has 0 radical (unpaired) electrons. The maximum Gasteiger partial charge on any atom is 0.323 e. The minimum Gasteiger partial charge on any atom is -0.494 e. The minimum atomic E-state index is -0.541.